The molecule has 0 aromatic heterocycles. The summed E-state index contributed by atoms with van der Waals surface area (Å²) in [6.45, 7) is 0.130. The first-order chi connectivity index (χ1) is 6.06. The van der Waals surface area contributed by atoms with Crippen LogP contribution in [-0.2, 0) is 9.09 Å². The topological polar surface area (TPSA) is 66.8 Å². The molecule has 0 aromatic carbocycles. The summed E-state index contributed by atoms with van der Waals surface area (Å²) in [4.78, 5) is 16.7. The SMILES string of the molecule is O=P(O)(O)OCCCCCCCCl. The van der Waals surface area contributed by atoms with Crippen LogP contribution in [0.15, 0.2) is 0 Å². The van der Waals surface area contributed by atoms with Crippen molar-refractivity contribution in [3.05, 3.63) is 0 Å². The fourth-order valence-corrected chi connectivity index (χ4v) is 1.47. The summed E-state index contributed by atoms with van der Waals surface area (Å²) < 4.78 is 14.5. The van der Waals surface area contributed by atoms with E-state index in [9.17, 15) is 4.57 Å². The van der Waals surface area contributed by atoms with E-state index in [0.717, 1.165) is 25.7 Å². The summed E-state index contributed by atoms with van der Waals surface area (Å²) in [6, 6.07) is 0. The molecule has 0 aliphatic rings. The first-order valence-electron chi connectivity index (χ1n) is 4.32. The summed E-state index contributed by atoms with van der Waals surface area (Å²) in [5.41, 5.74) is 0. The fourth-order valence-electron chi connectivity index (χ4n) is 0.910. The van der Waals surface area contributed by atoms with Crippen molar-refractivity contribution in [2.75, 3.05) is 12.5 Å². The second-order valence-electron chi connectivity index (χ2n) is 2.78. The van der Waals surface area contributed by atoms with E-state index >= 15 is 0 Å². The van der Waals surface area contributed by atoms with E-state index in [1.54, 1.807) is 0 Å². The molecule has 6 heteroatoms. The molecule has 0 heterocycles. The number of hydrogen-bond donors (Lipinski definition) is 2. The van der Waals surface area contributed by atoms with Crippen LogP contribution in [0, 0.1) is 0 Å². The lowest BCUT2D eigenvalue weighted by Crippen LogP contribution is -1.92. The zero-order valence-corrected chi connectivity index (χ0v) is 9.14. The molecule has 13 heavy (non-hydrogen) atoms. The summed E-state index contributed by atoms with van der Waals surface area (Å²) in [5.74, 6) is 0.680. The third-order valence-corrected chi connectivity index (χ3v) is 2.32. The zero-order valence-electron chi connectivity index (χ0n) is 7.49. The van der Waals surface area contributed by atoms with E-state index in [1.165, 1.54) is 0 Å². The molecule has 0 aromatic rings. The fraction of sp³-hybridized carbons (Fsp3) is 1.00. The van der Waals surface area contributed by atoms with Gasteiger partial charge in [0.15, 0.2) is 0 Å². The molecule has 0 atom stereocenters. The van der Waals surface area contributed by atoms with Crippen LogP contribution in [0.2, 0.25) is 0 Å². The summed E-state index contributed by atoms with van der Waals surface area (Å²) in [5, 5.41) is 0. The van der Waals surface area contributed by atoms with E-state index in [0.29, 0.717) is 12.3 Å². The number of unbranched alkanes of at least 4 members (excludes halogenated alkanes) is 4. The number of phosphoric acid groups is 1. The van der Waals surface area contributed by atoms with Crippen molar-refractivity contribution in [1.82, 2.24) is 0 Å². The number of halogens is 1. The second-order valence-corrected chi connectivity index (χ2v) is 4.40. The van der Waals surface area contributed by atoms with Gasteiger partial charge < -0.3 is 9.79 Å². The van der Waals surface area contributed by atoms with Gasteiger partial charge in [0.1, 0.15) is 0 Å². The molecule has 0 unspecified atom stereocenters. The number of rotatable bonds is 8. The molecule has 0 aliphatic carbocycles. The molecule has 80 valence electrons. The van der Waals surface area contributed by atoms with Crippen molar-refractivity contribution in [2.45, 2.75) is 32.1 Å². The van der Waals surface area contributed by atoms with Gasteiger partial charge in [0.05, 0.1) is 6.61 Å². The molecule has 0 rings (SSSR count). The molecule has 0 fully saturated rings. The Morgan fingerprint density at radius 2 is 1.62 bits per heavy atom. The van der Waals surface area contributed by atoms with Crippen LogP contribution in [0.3, 0.4) is 0 Å². The Hall–Kier alpha value is 0.400. The first-order valence-corrected chi connectivity index (χ1v) is 6.39. The van der Waals surface area contributed by atoms with Gasteiger partial charge in [-0.15, -0.1) is 11.6 Å². The molecule has 2 N–H and O–H groups in total. The first kappa shape index (κ1) is 13.4. The van der Waals surface area contributed by atoms with Crippen LogP contribution in [0.25, 0.3) is 0 Å². The van der Waals surface area contributed by atoms with Crippen LogP contribution in [-0.4, -0.2) is 22.3 Å². The van der Waals surface area contributed by atoms with Gasteiger partial charge in [0.2, 0.25) is 0 Å². The molecule has 0 saturated carbocycles. The maximum absolute atomic E-state index is 10.2. The summed E-state index contributed by atoms with van der Waals surface area (Å²) >= 11 is 5.47. The highest BCUT2D eigenvalue weighted by Gasteiger charge is 2.12. The third-order valence-electron chi connectivity index (χ3n) is 1.54. The van der Waals surface area contributed by atoms with Crippen molar-refractivity contribution in [1.29, 1.82) is 0 Å². The monoisotopic (exact) mass is 230 g/mol. The number of alkyl halides is 1. The summed E-state index contributed by atoms with van der Waals surface area (Å²) in [7, 11) is -4.25. The van der Waals surface area contributed by atoms with Gasteiger partial charge in [-0.2, -0.15) is 0 Å². The highest BCUT2D eigenvalue weighted by molar-refractivity contribution is 7.46. The quantitative estimate of drug-likeness (QED) is 0.381. The maximum atomic E-state index is 10.2. The van der Waals surface area contributed by atoms with Crippen LogP contribution in [0.5, 0.6) is 0 Å². The van der Waals surface area contributed by atoms with Crippen molar-refractivity contribution >= 4 is 19.4 Å². The van der Waals surface area contributed by atoms with Gasteiger partial charge in [0.25, 0.3) is 0 Å². The Bertz CT molecular complexity index is 159. The van der Waals surface area contributed by atoms with Crippen molar-refractivity contribution in [2.24, 2.45) is 0 Å². The lowest BCUT2D eigenvalue weighted by molar-refractivity contribution is 0.193. The van der Waals surface area contributed by atoms with Crippen LogP contribution in [0.1, 0.15) is 32.1 Å². The minimum atomic E-state index is -4.25. The van der Waals surface area contributed by atoms with E-state index in [-0.39, 0.29) is 6.61 Å². The molecular formula is C7H16ClO4P. The van der Waals surface area contributed by atoms with Crippen molar-refractivity contribution in [3.8, 4) is 0 Å². The molecule has 0 saturated heterocycles. The lowest BCUT2D eigenvalue weighted by Gasteiger charge is -2.04. The lowest BCUT2D eigenvalue weighted by atomic mass is 10.2. The van der Waals surface area contributed by atoms with Gasteiger partial charge in [-0.3, -0.25) is 4.52 Å². The molecular weight excluding hydrogens is 214 g/mol. The Morgan fingerprint density at radius 3 is 2.15 bits per heavy atom. The van der Waals surface area contributed by atoms with Gasteiger partial charge in [-0.1, -0.05) is 19.3 Å². The van der Waals surface area contributed by atoms with Gasteiger partial charge in [-0.05, 0) is 12.8 Å². The van der Waals surface area contributed by atoms with Crippen LogP contribution in [0.4, 0.5) is 0 Å². The van der Waals surface area contributed by atoms with Gasteiger partial charge >= 0.3 is 7.82 Å². The molecule has 0 bridgehead atoms. The van der Waals surface area contributed by atoms with Gasteiger partial charge in [-0.25, -0.2) is 4.57 Å². The van der Waals surface area contributed by atoms with Crippen molar-refractivity contribution < 1.29 is 18.9 Å². The van der Waals surface area contributed by atoms with Crippen molar-refractivity contribution in [3.63, 3.8) is 0 Å². The van der Waals surface area contributed by atoms with E-state index < -0.39 is 7.82 Å². The van der Waals surface area contributed by atoms with Crippen LogP contribution >= 0.6 is 19.4 Å². The molecule has 0 spiro atoms. The predicted octanol–water partition coefficient (Wildman–Crippen LogP) is 2.29. The Balaban J connectivity index is 3.04. The Morgan fingerprint density at radius 1 is 1.08 bits per heavy atom. The predicted molar refractivity (Wildman–Crippen MR) is 51.8 cm³/mol. The van der Waals surface area contributed by atoms with Crippen LogP contribution < -0.4 is 0 Å². The van der Waals surface area contributed by atoms with E-state index in [2.05, 4.69) is 4.52 Å². The summed E-state index contributed by atoms with van der Waals surface area (Å²) in [6.07, 6.45) is 4.72. The smallest absolute Gasteiger partial charge is 0.303 e. The minimum absolute atomic E-state index is 0.130. The highest BCUT2D eigenvalue weighted by Crippen LogP contribution is 2.35. The maximum Gasteiger partial charge on any atom is 0.469 e. The Kier molecular flexibility index (Phi) is 8.01. The zero-order chi connectivity index (χ0) is 10.2. The number of hydrogen-bond acceptors (Lipinski definition) is 2. The largest absolute Gasteiger partial charge is 0.469 e. The Labute approximate surface area is 83.5 Å². The minimum Gasteiger partial charge on any atom is -0.303 e. The second kappa shape index (κ2) is 7.77. The average Bonchev–Trinajstić information content (AvgIpc) is 2.01. The highest BCUT2D eigenvalue weighted by atomic mass is 35.5. The number of phosphoric ester groups is 1. The van der Waals surface area contributed by atoms with Gasteiger partial charge in [0, 0.05) is 5.88 Å². The van der Waals surface area contributed by atoms with E-state index in [4.69, 9.17) is 21.4 Å². The normalized spacial score (nSPS) is 11.9. The molecule has 0 radical (unpaired) electrons. The molecule has 0 aliphatic heterocycles. The average molecular weight is 231 g/mol. The van der Waals surface area contributed by atoms with E-state index in [1.807, 2.05) is 0 Å². The standard InChI is InChI=1S/C7H16ClO4P/c8-6-4-2-1-3-5-7-12-13(9,10)11/h1-7H2,(H2,9,10,11). The molecule has 4 nitrogen and oxygen atoms in total. The third kappa shape index (κ3) is 12.4. The molecule has 0 amide bonds.